The second kappa shape index (κ2) is 9.23. The van der Waals surface area contributed by atoms with E-state index in [1.807, 2.05) is 0 Å². The van der Waals surface area contributed by atoms with Crippen LogP contribution in [0.15, 0.2) is 24.3 Å². The van der Waals surface area contributed by atoms with Crippen LogP contribution in [-0.4, -0.2) is 61.7 Å². The number of anilines is 1. The molecule has 2 N–H and O–H groups in total. The summed E-state index contributed by atoms with van der Waals surface area (Å²) in [7, 11) is 1.58. The monoisotopic (exact) mass is 294 g/mol. The van der Waals surface area contributed by atoms with Gasteiger partial charge in [0, 0.05) is 25.8 Å². The number of carbonyl (C=O) groups excluding carboxylic acids is 2. The Kier molecular flexibility index (Phi) is 7.60. The summed E-state index contributed by atoms with van der Waals surface area (Å²) in [4.78, 5) is 25.3. The largest absolute Gasteiger partial charge is 0.395 e. The minimum atomic E-state index is -0.228. The Labute approximate surface area is 124 Å². The Morgan fingerprint density at radius 3 is 2.62 bits per heavy atom. The maximum absolute atomic E-state index is 12.0. The number of nitrogens with zero attached hydrogens (tertiary/aromatic N) is 1. The molecule has 116 valence electrons. The number of amides is 1. The first-order chi connectivity index (χ1) is 10.1. The van der Waals surface area contributed by atoms with E-state index in [-0.39, 0.29) is 24.8 Å². The zero-order chi connectivity index (χ0) is 15.7. The number of hydrogen-bond donors (Lipinski definition) is 2. The Balaban J connectivity index is 2.65. The van der Waals surface area contributed by atoms with Crippen molar-refractivity contribution in [3.63, 3.8) is 0 Å². The third kappa shape index (κ3) is 6.03. The molecule has 0 spiro atoms. The molecule has 1 aromatic rings. The average Bonchev–Trinajstić information content (AvgIpc) is 2.45. The fourth-order valence-corrected chi connectivity index (χ4v) is 1.92. The molecule has 0 aromatic heterocycles. The normalized spacial score (nSPS) is 10.7. The lowest BCUT2D eigenvalue weighted by molar-refractivity contribution is -0.117. The van der Waals surface area contributed by atoms with E-state index in [1.54, 1.807) is 36.3 Å². The molecule has 0 saturated carbocycles. The summed E-state index contributed by atoms with van der Waals surface area (Å²) in [5.74, 6) is -0.328. The fourth-order valence-electron chi connectivity index (χ4n) is 1.92. The van der Waals surface area contributed by atoms with Crippen LogP contribution in [0.1, 0.15) is 17.3 Å². The van der Waals surface area contributed by atoms with Crippen LogP contribution in [0.5, 0.6) is 0 Å². The molecule has 0 heterocycles. The number of benzene rings is 1. The van der Waals surface area contributed by atoms with Gasteiger partial charge in [0.15, 0.2) is 5.78 Å². The predicted octanol–water partition coefficient (Wildman–Crippen LogP) is 0.768. The standard InChI is InChI=1S/C15H22N2O4/c1-12(19)13-5-3-4-6-14(13)16-15(20)11-17(7-9-18)8-10-21-2/h3-6,18H,7-11H2,1-2H3,(H,16,20). The van der Waals surface area contributed by atoms with E-state index in [1.165, 1.54) is 6.92 Å². The van der Waals surface area contributed by atoms with Crippen molar-refractivity contribution in [2.24, 2.45) is 0 Å². The van der Waals surface area contributed by atoms with Crippen LogP contribution in [-0.2, 0) is 9.53 Å². The molecule has 21 heavy (non-hydrogen) atoms. The zero-order valence-corrected chi connectivity index (χ0v) is 12.5. The van der Waals surface area contributed by atoms with Gasteiger partial charge in [-0.25, -0.2) is 0 Å². The molecule has 0 aliphatic carbocycles. The molecule has 1 rings (SSSR count). The molecule has 0 unspecified atom stereocenters. The summed E-state index contributed by atoms with van der Waals surface area (Å²) in [6.07, 6.45) is 0. The summed E-state index contributed by atoms with van der Waals surface area (Å²) < 4.78 is 4.97. The molecule has 0 saturated heterocycles. The Hall–Kier alpha value is -1.76. The molecule has 6 heteroatoms. The minimum Gasteiger partial charge on any atom is -0.395 e. The van der Waals surface area contributed by atoms with Crippen LogP contribution in [0.4, 0.5) is 5.69 Å². The topological polar surface area (TPSA) is 78.9 Å². The van der Waals surface area contributed by atoms with Gasteiger partial charge in [0.2, 0.25) is 5.91 Å². The number of aliphatic hydroxyl groups is 1. The van der Waals surface area contributed by atoms with Gasteiger partial charge in [0.05, 0.1) is 25.4 Å². The van der Waals surface area contributed by atoms with Gasteiger partial charge in [0.25, 0.3) is 0 Å². The second-order valence-corrected chi connectivity index (χ2v) is 4.64. The highest BCUT2D eigenvalue weighted by atomic mass is 16.5. The average molecular weight is 294 g/mol. The van der Waals surface area contributed by atoms with E-state index in [9.17, 15) is 9.59 Å². The quantitative estimate of drug-likeness (QED) is 0.658. The smallest absolute Gasteiger partial charge is 0.238 e. The van der Waals surface area contributed by atoms with Crippen LogP contribution in [0.25, 0.3) is 0 Å². The molecule has 1 aromatic carbocycles. The number of ether oxygens (including phenoxy) is 1. The summed E-state index contributed by atoms with van der Waals surface area (Å²) in [5.41, 5.74) is 0.988. The fraction of sp³-hybridized carbons (Fsp3) is 0.467. The van der Waals surface area contributed by atoms with Gasteiger partial charge in [-0.05, 0) is 19.1 Å². The Morgan fingerprint density at radius 2 is 2.00 bits per heavy atom. The van der Waals surface area contributed by atoms with Crippen LogP contribution >= 0.6 is 0 Å². The third-order valence-electron chi connectivity index (χ3n) is 2.98. The molecule has 0 radical (unpaired) electrons. The SMILES string of the molecule is COCCN(CCO)CC(=O)Nc1ccccc1C(C)=O. The van der Waals surface area contributed by atoms with Gasteiger partial charge >= 0.3 is 0 Å². The van der Waals surface area contributed by atoms with Crippen molar-refractivity contribution in [2.45, 2.75) is 6.92 Å². The first-order valence-corrected chi connectivity index (χ1v) is 6.80. The van der Waals surface area contributed by atoms with Crippen molar-refractivity contribution >= 4 is 17.4 Å². The van der Waals surface area contributed by atoms with Crippen LogP contribution in [0, 0.1) is 0 Å². The predicted molar refractivity (Wildman–Crippen MR) is 80.5 cm³/mol. The number of carbonyl (C=O) groups is 2. The maximum atomic E-state index is 12.0. The van der Waals surface area contributed by atoms with Gasteiger partial charge in [-0.3, -0.25) is 14.5 Å². The van der Waals surface area contributed by atoms with E-state index in [0.29, 0.717) is 30.9 Å². The van der Waals surface area contributed by atoms with Crippen molar-refractivity contribution in [3.8, 4) is 0 Å². The maximum Gasteiger partial charge on any atom is 0.238 e. The van der Waals surface area contributed by atoms with E-state index in [4.69, 9.17) is 9.84 Å². The highest BCUT2D eigenvalue weighted by molar-refractivity contribution is 6.04. The second-order valence-electron chi connectivity index (χ2n) is 4.64. The van der Waals surface area contributed by atoms with Crippen molar-refractivity contribution in [3.05, 3.63) is 29.8 Å². The molecule has 6 nitrogen and oxygen atoms in total. The lowest BCUT2D eigenvalue weighted by Gasteiger charge is -2.20. The highest BCUT2D eigenvalue weighted by Gasteiger charge is 2.13. The van der Waals surface area contributed by atoms with Gasteiger partial charge in [-0.2, -0.15) is 0 Å². The van der Waals surface area contributed by atoms with Crippen LogP contribution in [0.2, 0.25) is 0 Å². The summed E-state index contributed by atoms with van der Waals surface area (Å²) >= 11 is 0. The van der Waals surface area contributed by atoms with Gasteiger partial charge in [0.1, 0.15) is 0 Å². The molecular formula is C15H22N2O4. The number of aliphatic hydroxyl groups excluding tert-OH is 1. The number of hydrogen-bond acceptors (Lipinski definition) is 5. The van der Waals surface area contributed by atoms with Crippen LogP contribution < -0.4 is 5.32 Å². The van der Waals surface area contributed by atoms with Gasteiger partial charge < -0.3 is 15.2 Å². The lowest BCUT2D eigenvalue weighted by atomic mass is 10.1. The van der Waals surface area contributed by atoms with Crippen molar-refractivity contribution in [2.75, 3.05) is 45.3 Å². The van der Waals surface area contributed by atoms with E-state index < -0.39 is 0 Å². The number of rotatable bonds is 9. The molecule has 0 fully saturated rings. The Bertz CT molecular complexity index is 476. The molecule has 0 atom stereocenters. The highest BCUT2D eigenvalue weighted by Crippen LogP contribution is 2.15. The first-order valence-electron chi connectivity index (χ1n) is 6.80. The summed E-state index contributed by atoms with van der Waals surface area (Å²) in [5, 5.41) is 11.7. The summed E-state index contributed by atoms with van der Waals surface area (Å²) in [6, 6.07) is 6.88. The molecule has 0 aliphatic rings. The summed E-state index contributed by atoms with van der Waals surface area (Å²) in [6.45, 7) is 3.00. The zero-order valence-electron chi connectivity index (χ0n) is 12.5. The van der Waals surface area contributed by atoms with Crippen LogP contribution in [0.3, 0.4) is 0 Å². The molecule has 0 aliphatic heterocycles. The van der Waals surface area contributed by atoms with Crippen molar-refractivity contribution < 1.29 is 19.4 Å². The number of ketones is 1. The minimum absolute atomic E-state index is 0.0268. The van der Waals surface area contributed by atoms with E-state index in [0.717, 1.165) is 0 Å². The Morgan fingerprint density at radius 1 is 1.29 bits per heavy atom. The van der Waals surface area contributed by atoms with E-state index >= 15 is 0 Å². The van der Waals surface area contributed by atoms with Gasteiger partial charge in [-0.15, -0.1) is 0 Å². The molecular weight excluding hydrogens is 272 g/mol. The number of Topliss-reactive ketones (excluding diaryl/α,β-unsaturated/α-hetero) is 1. The van der Waals surface area contributed by atoms with Gasteiger partial charge in [-0.1, -0.05) is 12.1 Å². The third-order valence-corrected chi connectivity index (χ3v) is 2.98. The number of para-hydroxylation sites is 1. The number of nitrogens with one attached hydrogen (secondary N) is 1. The van der Waals surface area contributed by atoms with Crippen molar-refractivity contribution in [1.29, 1.82) is 0 Å². The number of methoxy groups -OCH3 is 1. The lowest BCUT2D eigenvalue weighted by Crippen LogP contribution is -2.37. The molecule has 1 amide bonds. The first kappa shape index (κ1) is 17.3. The van der Waals surface area contributed by atoms with Crippen molar-refractivity contribution in [1.82, 2.24) is 4.90 Å². The van der Waals surface area contributed by atoms with E-state index in [2.05, 4.69) is 5.32 Å². The molecule has 0 bridgehead atoms.